The second kappa shape index (κ2) is 8.07. The summed E-state index contributed by atoms with van der Waals surface area (Å²) < 4.78 is 21.1. The molecule has 10 heteroatoms. The summed E-state index contributed by atoms with van der Waals surface area (Å²) in [5.41, 5.74) is 12.8. The van der Waals surface area contributed by atoms with E-state index >= 15 is 0 Å². The van der Waals surface area contributed by atoms with Crippen molar-refractivity contribution in [1.82, 2.24) is 15.3 Å². The van der Waals surface area contributed by atoms with Gasteiger partial charge in [0.2, 0.25) is 0 Å². The van der Waals surface area contributed by atoms with Gasteiger partial charge in [0.25, 0.3) is 5.91 Å². The number of carbonyl (C=O) groups excluding carboxylic acids is 1. The summed E-state index contributed by atoms with van der Waals surface area (Å²) >= 11 is 9.12. The summed E-state index contributed by atoms with van der Waals surface area (Å²) in [7, 11) is 0. The molecule has 7 nitrogen and oxygen atoms in total. The van der Waals surface area contributed by atoms with Crippen LogP contribution in [-0.2, 0) is 6.54 Å². The number of anilines is 2. The quantitative estimate of drug-likeness (QED) is 0.419. The number of rotatable bonds is 5. The van der Waals surface area contributed by atoms with Crippen molar-refractivity contribution in [2.24, 2.45) is 0 Å². The Morgan fingerprint density at radius 3 is 2.75 bits per heavy atom. The zero-order valence-electron chi connectivity index (χ0n) is 14.6. The highest BCUT2D eigenvalue weighted by molar-refractivity contribution is 9.10. The van der Waals surface area contributed by atoms with Crippen LogP contribution < -0.4 is 21.5 Å². The molecule has 0 atom stereocenters. The highest BCUT2D eigenvalue weighted by Crippen LogP contribution is 2.35. The minimum Gasteiger partial charge on any atom is -0.453 e. The first-order valence-electron chi connectivity index (χ1n) is 8.05. The number of nitrogen functional groups attached to an aromatic ring is 2. The van der Waals surface area contributed by atoms with Crippen molar-refractivity contribution in [3.05, 3.63) is 62.6 Å². The van der Waals surface area contributed by atoms with Crippen LogP contribution in [0.2, 0.25) is 5.15 Å². The number of nitrogens with two attached hydrogens (primary N) is 2. The molecule has 0 aliphatic heterocycles. The molecule has 1 heterocycles. The number of hydrogen-bond donors (Lipinski definition) is 4. The fourth-order valence-electron chi connectivity index (χ4n) is 2.54. The second-order valence-electron chi connectivity index (χ2n) is 6.00. The maximum Gasteiger partial charge on any atom is 0.273 e. The predicted molar refractivity (Wildman–Crippen MR) is 109 cm³/mol. The summed E-state index contributed by atoms with van der Waals surface area (Å²) in [6, 6.07) is 8.26. The number of imidazole rings is 1. The van der Waals surface area contributed by atoms with Crippen LogP contribution in [0.25, 0.3) is 0 Å². The average Bonchev–Trinajstić information content (AvgIpc) is 2.95. The number of aromatic nitrogens is 2. The Morgan fingerprint density at radius 1 is 1.36 bits per heavy atom. The number of amides is 1. The van der Waals surface area contributed by atoms with E-state index in [1.54, 1.807) is 24.3 Å². The molecule has 3 aromatic rings. The van der Waals surface area contributed by atoms with E-state index in [4.69, 9.17) is 27.8 Å². The van der Waals surface area contributed by atoms with Crippen molar-refractivity contribution in [3.8, 4) is 11.5 Å². The summed E-state index contributed by atoms with van der Waals surface area (Å²) in [6.45, 7) is 1.75. The van der Waals surface area contributed by atoms with Crippen LogP contribution >= 0.6 is 27.5 Å². The predicted octanol–water partition coefficient (Wildman–Crippen LogP) is 4.16. The van der Waals surface area contributed by atoms with Gasteiger partial charge in [-0.25, -0.2) is 9.37 Å². The van der Waals surface area contributed by atoms with Gasteiger partial charge in [0.1, 0.15) is 10.9 Å². The van der Waals surface area contributed by atoms with Gasteiger partial charge in [0, 0.05) is 23.9 Å². The number of aryl methyl sites for hydroxylation is 1. The van der Waals surface area contributed by atoms with E-state index in [0.29, 0.717) is 15.9 Å². The Bertz CT molecular complexity index is 1040. The molecule has 0 aliphatic carbocycles. The highest BCUT2D eigenvalue weighted by atomic mass is 79.9. The molecule has 0 saturated heterocycles. The lowest BCUT2D eigenvalue weighted by Crippen LogP contribution is -2.24. The summed E-state index contributed by atoms with van der Waals surface area (Å²) in [6.07, 6.45) is 0. The maximum atomic E-state index is 15.0. The molecule has 6 N–H and O–H groups in total. The van der Waals surface area contributed by atoms with E-state index in [2.05, 4.69) is 31.2 Å². The lowest BCUT2D eigenvalue weighted by molar-refractivity contribution is 0.0946. The van der Waals surface area contributed by atoms with Crippen LogP contribution in [0.5, 0.6) is 11.5 Å². The second-order valence-corrected chi connectivity index (χ2v) is 7.23. The minimum atomic E-state index is -0.623. The van der Waals surface area contributed by atoms with Crippen LogP contribution in [-0.4, -0.2) is 15.9 Å². The summed E-state index contributed by atoms with van der Waals surface area (Å²) in [5.74, 6) is -0.814. The van der Waals surface area contributed by atoms with Crippen molar-refractivity contribution in [3.63, 3.8) is 0 Å². The first-order chi connectivity index (χ1) is 13.2. The Labute approximate surface area is 173 Å². The number of ether oxygens (including phenoxy) is 1. The van der Waals surface area contributed by atoms with Gasteiger partial charge in [-0.2, -0.15) is 0 Å². The van der Waals surface area contributed by atoms with Gasteiger partial charge in [0.05, 0.1) is 4.47 Å². The van der Waals surface area contributed by atoms with E-state index in [1.807, 2.05) is 6.92 Å². The third-order valence-electron chi connectivity index (χ3n) is 3.75. The van der Waals surface area contributed by atoms with E-state index < -0.39 is 11.7 Å². The fourth-order valence-corrected chi connectivity index (χ4v) is 3.15. The Hall–Kier alpha value is -2.78. The Balaban J connectivity index is 1.80. The van der Waals surface area contributed by atoms with Crippen LogP contribution in [0.1, 0.15) is 21.6 Å². The van der Waals surface area contributed by atoms with Crippen molar-refractivity contribution < 1.29 is 13.9 Å². The normalized spacial score (nSPS) is 10.7. The van der Waals surface area contributed by atoms with Gasteiger partial charge in [-0.1, -0.05) is 17.7 Å². The van der Waals surface area contributed by atoms with Gasteiger partial charge in [-0.15, -0.1) is 0 Å². The third kappa shape index (κ3) is 4.37. The van der Waals surface area contributed by atoms with E-state index in [0.717, 1.165) is 5.56 Å². The monoisotopic (exact) mass is 467 g/mol. The molecule has 0 saturated carbocycles. The molecule has 2 aromatic carbocycles. The highest BCUT2D eigenvalue weighted by Gasteiger charge is 2.18. The molecule has 28 heavy (non-hydrogen) atoms. The first-order valence-corrected chi connectivity index (χ1v) is 9.22. The Morgan fingerprint density at radius 2 is 2.11 bits per heavy atom. The largest absolute Gasteiger partial charge is 0.453 e. The van der Waals surface area contributed by atoms with Crippen molar-refractivity contribution >= 4 is 45.1 Å². The fraction of sp³-hybridized carbons (Fsp3) is 0.111. The summed E-state index contributed by atoms with van der Waals surface area (Å²) in [5, 5.41) is 2.55. The molecular weight excluding hydrogens is 453 g/mol. The molecule has 0 unspecified atom stereocenters. The number of carbonyl (C=O) groups is 1. The lowest BCUT2D eigenvalue weighted by atomic mass is 10.2. The van der Waals surface area contributed by atoms with Gasteiger partial charge in [0.15, 0.2) is 23.2 Å². The zero-order chi connectivity index (χ0) is 20.4. The topological polar surface area (TPSA) is 119 Å². The molecule has 3 rings (SSSR count). The number of halogens is 3. The molecule has 146 valence electrons. The molecule has 0 bridgehead atoms. The molecule has 0 aliphatic rings. The van der Waals surface area contributed by atoms with Crippen molar-refractivity contribution in [2.75, 3.05) is 11.5 Å². The van der Waals surface area contributed by atoms with Gasteiger partial charge >= 0.3 is 0 Å². The van der Waals surface area contributed by atoms with Crippen LogP contribution in [0.4, 0.5) is 16.0 Å². The molecule has 0 fully saturated rings. The first kappa shape index (κ1) is 20.0. The van der Waals surface area contributed by atoms with Gasteiger partial charge < -0.3 is 26.5 Å². The van der Waals surface area contributed by atoms with Crippen LogP contribution in [0, 0.1) is 12.7 Å². The Kier molecular flexibility index (Phi) is 5.76. The lowest BCUT2D eigenvalue weighted by Gasteiger charge is -2.13. The smallest absolute Gasteiger partial charge is 0.273 e. The number of nitrogens with one attached hydrogen (secondary N) is 2. The number of nitrogens with zero attached hydrogens (tertiary/aromatic N) is 1. The summed E-state index contributed by atoms with van der Waals surface area (Å²) in [4.78, 5) is 18.5. The van der Waals surface area contributed by atoms with E-state index in [-0.39, 0.29) is 34.7 Å². The van der Waals surface area contributed by atoms with Crippen molar-refractivity contribution in [1.29, 1.82) is 0 Å². The molecule has 0 spiro atoms. The third-order valence-corrected chi connectivity index (χ3v) is 4.65. The van der Waals surface area contributed by atoms with E-state index in [1.165, 1.54) is 6.07 Å². The minimum absolute atomic E-state index is 0.00679. The van der Waals surface area contributed by atoms with Crippen molar-refractivity contribution in [2.45, 2.75) is 13.5 Å². The molecule has 1 amide bonds. The number of H-pyrrole nitrogens is 1. The number of hydrogen-bond acceptors (Lipinski definition) is 5. The van der Waals surface area contributed by atoms with Crippen LogP contribution in [0.15, 0.2) is 34.8 Å². The number of benzene rings is 2. The number of aromatic amines is 1. The van der Waals surface area contributed by atoms with E-state index in [9.17, 15) is 9.18 Å². The average molecular weight is 469 g/mol. The standard InChI is InChI=1S/C18H16BrClFN5O2/c1-8-4-10(22)6-11(5-8)28-15-12(19)3-2-9(13(15)21)7-24-17(27)14-16(20)26-18(23)25-14/h2-6H,7,22H2,1H3,(H,24,27)(H3,23,25,26). The van der Waals surface area contributed by atoms with Gasteiger partial charge in [-0.3, -0.25) is 4.79 Å². The van der Waals surface area contributed by atoms with Crippen LogP contribution in [0.3, 0.4) is 0 Å². The SMILES string of the molecule is Cc1cc(N)cc(Oc2c(Br)ccc(CNC(=O)c3nc(N)[nH]c3Cl)c2F)c1. The maximum absolute atomic E-state index is 15.0. The molecule has 1 aromatic heterocycles. The zero-order valence-corrected chi connectivity index (χ0v) is 17.0. The van der Waals surface area contributed by atoms with Gasteiger partial charge in [-0.05, 0) is 46.6 Å². The molecule has 0 radical (unpaired) electrons. The molecular formula is C18H16BrClFN5O2.